The first kappa shape index (κ1) is 44.8. The number of ether oxygens (including phenoxy) is 2. The zero-order chi connectivity index (χ0) is 36.0. The van der Waals surface area contributed by atoms with Crippen LogP contribution in [0.5, 0.6) is 0 Å². The molecule has 0 bridgehead atoms. The first-order valence-electron chi connectivity index (χ1n) is 18.7. The summed E-state index contributed by atoms with van der Waals surface area (Å²) in [6, 6.07) is 4.00. The average molecular weight is 706 g/mol. The molecule has 280 valence electrons. The van der Waals surface area contributed by atoms with Gasteiger partial charge in [-0.15, -0.1) is 0 Å². The fourth-order valence-corrected chi connectivity index (χ4v) is 6.51. The minimum atomic E-state index is -2.04. The van der Waals surface area contributed by atoms with Gasteiger partial charge in [0.2, 0.25) is 0 Å². The van der Waals surface area contributed by atoms with Crippen molar-refractivity contribution >= 4 is 14.4 Å². The maximum Gasteiger partial charge on any atom is 0.330 e. The van der Waals surface area contributed by atoms with Crippen LogP contribution in [0.15, 0.2) is 41.4 Å². The molecule has 2 rings (SSSR count). The van der Waals surface area contributed by atoms with Gasteiger partial charge in [0, 0.05) is 19.4 Å². The number of aliphatic imine (C=N–C) groups is 1. The molecule has 1 aromatic heterocycles. The summed E-state index contributed by atoms with van der Waals surface area (Å²) in [6.07, 6.45) is 27.5. The van der Waals surface area contributed by atoms with Crippen LogP contribution in [0.4, 0.5) is 0 Å². The van der Waals surface area contributed by atoms with Crippen LogP contribution in [0.1, 0.15) is 141 Å². The Morgan fingerprint density at radius 3 is 2.04 bits per heavy atom. The van der Waals surface area contributed by atoms with E-state index in [0.29, 0.717) is 19.1 Å². The predicted octanol–water partition coefficient (Wildman–Crippen LogP) is 9.22. The number of aryl methyl sites for hydroxylation is 1. The van der Waals surface area contributed by atoms with Crippen molar-refractivity contribution in [3.05, 3.63) is 47.8 Å². The van der Waals surface area contributed by atoms with Crippen molar-refractivity contribution in [1.29, 1.82) is 5.26 Å². The third kappa shape index (κ3) is 20.9. The molecule has 1 aliphatic heterocycles. The Morgan fingerprint density at radius 2 is 1.51 bits per heavy atom. The SMILES string of the molecule is C#N.C=C/C(=C\C)COC(CCCCCCCCCCCCCCCCCC)COP(O)OCC(CCc1ccc2n1NCN=C2N)OC. The van der Waals surface area contributed by atoms with Crippen molar-refractivity contribution in [3.8, 4) is 6.57 Å². The second-order valence-electron chi connectivity index (χ2n) is 12.7. The summed E-state index contributed by atoms with van der Waals surface area (Å²) in [6.45, 7) is 13.1. The standard InChI is InChI=1S/C37H67N4O5P.CHN/c1-5-8-9-10-11-12-13-14-15-16-17-18-19-20-21-22-23-35(44-28-32(6-2)7-3)30-46-47(42)45-29-34(43-4)26-24-33-25-27-36-37(38)39-31-40-41(33)36;1-2/h6-7,25,27,34-35,40,42H,2,5,8-24,26,28-31H2,1,3-4H3,(H2,38,39);1H/b32-7+;. The Labute approximate surface area is 299 Å². The molecule has 3 unspecified atom stereocenters. The highest BCUT2D eigenvalue weighted by Gasteiger charge is 2.19. The maximum absolute atomic E-state index is 10.5. The van der Waals surface area contributed by atoms with Crippen molar-refractivity contribution in [1.82, 2.24) is 4.68 Å². The van der Waals surface area contributed by atoms with Crippen LogP contribution in [0, 0.1) is 11.8 Å². The third-order valence-corrected chi connectivity index (χ3v) is 9.74. The second-order valence-corrected chi connectivity index (χ2v) is 13.7. The molecule has 2 heterocycles. The number of nitriles is 1. The molecule has 10 nitrogen and oxygen atoms in total. The fraction of sp³-hybridized carbons (Fsp3) is 0.737. The topological polar surface area (TPSA) is 136 Å². The summed E-state index contributed by atoms with van der Waals surface area (Å²) in [7, 11) is -0.380. The van der Waals surface area contributed by atoms with Gasteiger partial charge >= 0.3 is 8.60 Å². The van der Waals surface area contributed by atoms with Crippen LogP contribution in [0.3, 0.4) is 0 Å². The van der Waals surface area contributed by atoms with Crippen LogP contribution < -0.4 is 11.2 Å². The predicted molar refractivity (Wildman–Crippen MR) is 204 cm³/mol. The molecular weight excluding hydrogens is 637 g/mol. The molecule has 4 N–H and O–H groups in total. The minimum absolute atomic E-state index is 0.112. The van der Waals surface area contributed by atoms with Gasteiger partial charge in [-0.3, -0.25) is 4.68 Å². The molecular formula is C38H68N5O5P. The highest BCUT2D eigenvalue weighted by atomic mass is 31.2. The number of allylic oxidation sites excluding steroid dienone is 1. The van der Waals surface area contributed by atoms with Gasteiger partial charge in [-0.1, -0.05) is 128 Å². The van der Waals surface area contributed by atoms with Gasteiger partial charge in [0.15, 0.2) is 0 Å². The van der Waals surface area contributed by atoms with Gasteiger partial charge in [-0.25, -0.2) is 10.3 Å². The van der Waals surface area contributed by atoms with Crippen LogP contribution in [-0.4, -0.2) is 61.2 Å². The molecule has 1 aliphatic rings. The second kappa shape index (κ2) is 30.6. The number of unbranched alkanes of at least 4 members (excludes halogenated alkanes) is 15. The first-order valence-corrected chi connectivity index (χ1v) is 19.8. The van der Waals surface area contributed by atoms with E-state index in [1.807, 2.05) is 35.9 Å². The van der Waals surface area contributed by atoms with Crippen LogP contribution in [0.25, 0.3) is 0 Å². The molecule has 1 aromatic rings. The normalized spacial score (nSPS) is 14.6. The molecule has 0 radical (unpaired) electrons. The van der Waals surface area contributed by atoms with E-state index >= 15 is 0 Å². The van der Waals surface area contributed by atoms with Crippen LogP contribution >= 0.6 is 8.60 Å². The lowest BCUT2D eigenvalue weighted by Gasteiger charge is -2.22. The van der Waals surface area contributed by atoms with Gasteiger partial charge in [0.05, 0.1) is 32.0 Å². The maximum atomic E-state index is 10.5. The average Bonchev–Trinajstić information content (AvgIpc) is 3.55. The largest absolute Gasteiger partial charge is 0.382 e. The number of nitrogens with two attached hydrogens (primary N) is 1. The number of hydrogen-bond donors (Lipinski definition) is 3. The minimum Gasteiger partial charge on any atom is -0.382 e. The summed E-state index contributed by atoms with van der Waals surface area (Å²) in [5.41, 5.74) is 12.2. The van der Waals surface area contributed by atoms with Gasteiger partial charge in [0.1, 0.15) is 18.2 Å². The quantitative estimate of drug-likeness (QED) is 0.0395. The zero-order valence-electron chi connectivity index (χ0n) is 31.0. The number of nitrogens with one attached hydrogen (secondary N) is 1. The van der Waals surface area contributed by atoms with Crippen LogP contribution in [0.2, 0.25) is 0 Å². The van der Waals surface area contributed by atoms with E-state index in [1.165, 1.54) is 96.3 Å². The number of amidine groups is 1. The Hall–Kier alpha value is -2.25. The summed E-state index contributed by atoms with van der Waals surface area (Å²) in [5.74, 6) is 0.535. The zero-order valence-corrected chi connectivity index (χ0v) is 31.9. The molecule has 3 atom stereocenters. The van der Waals surface area contributed by atoms with Gasteiger partial charge in [-0.2, -0.15) is 0 Å². The summed E-state index contributed by atoms with van der Waals surface area (Å²) < 4.78 is 25.2. The van der Waals surface area contributed by atoms with E-state index in [9.17, 15) is 4.89 Å². The van der Waals surface area contributed by atoms with E-state index in [-0.39, 0.29) is 25.4 Å². The van der Waals surface area contributed by atoms with E-state index < -0.39 is 8.60 Å². The molecule has 0 aliphatic carbocycles. The van der Waals surface area contributed by atoms with Crippen molar-refractivity contribution < 1.29 is 23.4 Å². The Kier molecular flexibility index (Phi) is 27.9. The van der Waals surface area contributed by atoms with Crippen molar-refractivity contribution in [2.45, 2.75) is 148 Å². The lowest BCUT2D eigenvalue weighted by molar-refractivity contribution is 0.0127. The Balaban J connectivity index is 0.00000589. The molecule has 0 aromatic carbocycles. The fourth-order valence-electron chi connectivity index (χ4n) is 5.85. The monoisotopic (exact) mass is 705 g/mol. The Morgan fingerprint density at radius 1 is 0.959 bits per heavy atom. The Bertz CT molecular complexity index is 1050. The van der Waals surface area contributed by atoms with Crippen molar-refractivity contribution in [2.24, 2.45) is 10.7 Å². The highest BCUT2D eigenvalue weighted by molar-refractivity contribution is 7.40. The van der Waals surface area contributed by atoms with E-state index in [4.69, 9.17) is 29.5 Å². The van der Waals surface area contributed by atoms with Crippen molar-refractivity contribution in [3.63, 3.8) is 0 Å². The molecule has 0 saturated heterocycles. The number of nitrogens with zero attached hydrogens (tertiary/aromatic N) is 3. The number of methoxy groups -OCH3 is 1. The van der Waals surface area contributed by atoms with E-state index in [1.54, 1.807) is 7.11 Å². The van der Waals surface area contributed by atoms with E-state index in [2.05, 4.69) is 30.5 Å². The molecule has 11 heteroatoms. The van der Waals surface area contributed by atoms with E-state index in [0.717, 1.165) is 42.6 Å². The van der Waals surface area contributed by atoms with Gasteiger partial charge < -0.3 is 34.6 Å². The highest BCUT2D eigenvalue weighted by Crippen LogP contribution is 2.34. The number of hydrogen-bond acceptors (Lipinski definition) is 9. The third-order valence-electron chi connectivity index (χ3n) is 9.00. The molecule has 0 spiro atoms. The number of aromatic nitrogens is 1. The summed E-state index contributed by atoms with van der Waals surface area (Å²) >= 11 is 0. The van der Waals surface area contributed by atoms with Crippen LogP contribution in [-0.2, 0) is 24.9 Å². The summed E-state index contributed by atoms with van der Waals surface area (Å²) in [4.78, 5) is 14.7. The lowest BCUT2D eigenvalue weighted by atomic mass is 10.0. The van der Waals surface area contributed by atoms with Gasteiger partial charge in [-0.05, 0) is 43.9 Å². The number of rotatable bonds is 31. The first-order chi connectivity index (χ1) is 24.0. The smallest absolute Gasteiger partial charge is 0.330 e. The van der Waals surface area contributed by atoms with Gasteiger partial charge in [0.25, 0.3) is 0 Å². The molecule has 0 fully saturated rings. The number of fused-ring (bicyclic) bond motifs is 1. The molecule has 0 amide bonds. The summed E-state index contributed by atoms with van der Waals surface area (Å²) in [5, 5.41) is 6.50. The molecule has 49 heavy (non-hydrogen) atoms. The molecule has 0 saturated carbocycles. The lowest BCUT2D eigenvalue weighted by Crippen LogP contribution is -2.32. The van der Waals surface area contributed by atoms with Crippen molar-refractivity contribution in [2.75, 3.05) is 39.0 Å².